The van der Waals surface area contributed by atoms with Gasteiger partial charge in [0.15, 0.2) is 0 Å². The van der Waals surface area contributed by atoms with Crippen molar-refractivity contribution in [3.8, 4) is 0 Å². The lowest BCUT2D eigenvalue weighted by atomic mass is 9.78. The second kappa shape index (κ2) is 13.9. The van der Waals surface area contributed by atoms with E-state index in [0.717, 1.165) is 59.6 Å². The zero-order valence-corrected chi connectivity index (χ0v) is 23.9. The average molecular weight is 563 g/mol. The molecule has 1 aliphatic carbocycles. The smallest absolute Gasteiger partial charge is 0.137 e. The van der Waals surface area contributed by atoms with Crippen LogP contribution < -0.4 is 11.5 Å². The molecule has 216 valence electrons. The Morgan fingerprint density at radius 1 is 0.595 bits per heavy atom. The summed E-state index contributed by atoms with van der Waals surface area (Å²) in [4.78, 5) is 24.8. The Kier molecular flexibility index (Phi) is 9.64. The van der Waals surface area contributed by atoms with Crippen LogP contribution >= 0.6 is 0 Å². The van der Waals surface area contributed by atoms with E-state index in [1.807, 2.05) is 60.7 Å². The van der Waals surface area contributed by atoms with Crippen molar-refractivity contribution in [2.75, 3.05) is 11.5 Å². The second-order valence-electron chi connectivity index (χ2n) is 11.4. The number of nitrogens with zero attached hydrogens (tertiary/aromatic N) is 4. The first-order valence-electron chi connectivity index (χ1n) is 14.8. The van der Waals surface area contributed by atoms with Crippen LogP contribution in [0.4, 0.5) is 11.4 Å². The molecule has 0 saturated heterocycles. The summed E-state index contributed by atoms with van der Waals surface area (Å²) in [5.41, 5.74) is 18.5. The van der Waals surface area contributed by atoms with Crippen LogP contribution in [0.15, 0.2) is 72.8 Å². The molecule has 2 heterocycles. The van der Waals surface area contributed by atoms with E-state index in [2.05, 4.69) is 32.5 Å². The molecule has 0 bridgehead atoms. The van der Waals surface area contributed by atoms with Gasteiger partial charge in [-0.15, -0.1) is 0 Å². The van der Waals surface area contributed by atoms with Gasteiger partial charge in [0, 0.05) is 48.9 Å². The highest BCUT2D eigenvalue weighted by Gasteiger charge is 2.26. The number of nitrogen functional groups attached to an aromatic ring is 2. The predicted octanol–water partition coefficient (Wildman–Crippen LogP) is 5.36. The number of hydrogen-bond donors (Lipinski definition) is 2. The van der Waals surface area contributed by atoms with Crippen LogP contribution in [0.5, 0.6) is 0 Å². The van der Waals surface area contributed by atoms with E-state index >= 15 is 0 Å². The first kappa shape index (κ1) is 29.0. The SMILES string of the molecule is Nc1ccc(CC(=O)CCc2ccc([C@H]3CCC[C@H](c4ccc(CCC(=O)Cc5ccc(N)cc5)nn4)C3)nn2)cc1. The van der Waals surface area contributed by atoms with Gasteiger partial charge in [0.25, 0.3) is 0 Å². The van der Waals surface area contributed by atoms with Crippen molar-refractivity contribution in [2.24, 2.45) is 0 Å². The molecular weight excluding hydrogens is 524 g/mol. The monoisotopic (exact) mass is 562 g/mol. The molecule has 4 aromatic rings. The van der Waals surface area contributed by atoms with Gasteiger partial charge in [0.05, 0.1) is 22.8 Å². The Morgan fingerprint density at radius 2 is 1.02 bits per heavy atom. The van der Waals surface area contributed by atoms with Crippen LogP contribution in [-0.4, -0.2) is 32.0 Å². The van der Waals surface area contributed by atoms with Crippen molar-refractivity contribution in [1.82, 2.24) is 20.4 Å². The number of aromatic nitrogens is 4. The van der Waals surface area contributed by atoms with Gasteiger partial charge < -0.3 is 11.5 Å². The number of ketones is 2. The van der Waals surface area contributed by atoms with E-state index in [-0.39, 0.29) is 11.6 Å². The molecule has 1 fully saturated rings. The number of nitrogens with two attached hydrogens (primary N) is 2. The second-order valence-corrected chi connectivity index (χ2v) is 11.4. The summed E-state index contributed by atoms with van der Waals surface area (Å²) in [6.07, 6.45) is 7.07. The number of carbonyl (C=O) groups excluding carboxylic acids is 2. The van der Waals surface area contributed by atoms with Crippen LogP contribution in [-0.2, 0) is 35.3 Å². The van der Waals surface area contributed by atoms with Gasteiger partial charge in [0.1, 0.15) is 11.6 Å². The van der Waals surface area contributed by atoms with Crippen LogP contribution in [0.1, 0.15) is 84.3 Å². The summed E-state index contributed by atoms with van der Waals surface area (Å²) < 4.78 is 0. The average Bonchev–Trinajstić information content (AvgIpc) is 3.02. The fraction of sp³-hybridized carbons (Fsp3) is 0.353. The van der Waals surface area contributed by atoms with E-state index in [4.69, 9.17) is 11.5 Å². The molecule has 8 nitrogen and oxygen atoms in total. The number of benzene rings is 2. The fourth-order valence-electron chi connectivity index (χ4n) is 5.61. The lowest BCUT2D eigenvalue weighted by molar-refractivity contribution is -0.119. The third-order valence-corrected chi connectivity index (χ3v) is 8.07. The first-order chi connectivity index (χ1) is 20.4. The predicted molar refractivity (Wildman–Crippen MR) is 164 cm³/mol. The van der Waals surface area contributed by atoms with E-state index in [1.165, 1.54) is 0 Å². The van der Waals surface area contributed by atoms with Gasteiger partial charge in [-0.05, 0) is 91.8 Å². The molecule has 42 heavy (non-hydrogen) atoms. The van der Waals surface area contributed by atoms with Crippen molar-refractivity contribution in [2.45, 2.75) is 76.0 Å². The molecule has 4 N–H and O–H groups in total. The highest BCUT2D eigenvalue weighted by atomic mass is 16.1. The van der Waals surface area contributed by atoms with E-state index in [1.54, 1.807) is 0 Å². The molecule has 0 radical (unpaired) electrons. The largest absolute Gasteiger partial charge is 0.399 e. The lowest BCUT2D eigenvalue weighted by Crippen LogP contribution is -2.16. The number of anilines is 2. The van der Waals surface area contributed by atoms with Crippen LogP contribution in [0.25, 0.3) is 0 Å². The number of hydrogen-bond acceptors (Lipinski definition) is 8. The van der Waals surface area contributed by atoms with Gasteiger partial charge in [-0.2, -0.15) is 20.4 Å². The van der Waals surface area contributed by atoms with Crippen LogP contribution in [0.2, 0.25) is 0 Å². The van der Waals surface area contributed by atoms with E-state index in [0.29, 0.717) is 61.7 Å². The highest BCUT2D eigenvalue weighted by Crippen LogP contribution is 2.39. The molecule has 0 unspecified atom stereocenters. The summed E-state index contributed by atoms with van der Waals surface area (Å²) >= 11 is 0. The molecule has 0 aliphatic heterocycles. The molecule has 8 heteroatoms. The normalized spacial score (nSPS) is 16.7. The Labute approximate surface area is 247 Å². The maximum Gasteiger partial charge on any atom is 0.137 e. The van der Waals surface area contributed by atoms with Crippen molar-refractivity contribution < 1.29 is 9.59 Å². The summed E-state index contributed by atoms with van der Waals surface area (Å²) in [6, 6.07) is 23.0. The summed E-state index contributed by atoms with van der Waals surface area (Å²) in [5, 5.41) is 18.0. The third-order valence-electron chi connectivity index (χ3n) is 8.07. The molecule has 1 aliphatic rings. The number of carbonyl (C=O) groups is 2. The van der Waals surface area contributed by atoms with Gasteiger partial charge in [-0.3, -0.25) is 9.59 Å². The molecule has 2 aromatic carbocycles. The third kappa shape index (κ3) is 8.28. The standard InChI is InChI=1S/C34H38N6O2/c35-27-8-4-23(5-9-27)20-31(41)16-12-29-14-18-33(39-37-29)25-2-1-3-26(22-25)34-19-15-30(38-40-34)13-17-32(42)21-24-6-10-28(36)11-7-24/h4-11,14-15,18-19,25-26H,1-3,12-13,16-17,20-22,35-36H2/t25-,26-/m0/s1. The summed E-state index contributed by atoms with van der Waals surface area (Å²) in [6.45, 7) is 0. The Bertz CT molecular complexity index is 1360. The Morgan fingerprint density at radius 3 is 1.40 bits per heavy atom. The Balaban J connectivity index is 1.08. The Hall–Kier alpha value is -4.46. The van der Waals surface area contributed by atoms with E-state index in [9.17, 15) is 9.59 Å². The van der Waals surface area contributed by atoms with Gasteiger partial charge >= 0.3 is 0 Å². The van der Waals surface area contributed by atoms with Crippen molar-refractivity contribution in [1.29, 1.82) is 0 Å². The number of rotatable bonds is 12. The first-order valence-corrected chi connectivity index (χ1v) is 14.8. The molecule has 2 aromatic heterocycles. The molecule has 1 saturated carbocycles. The lowest BCUT2D eigenvalue weighted by Gasteiger charge is -2.28. The zero-order chi connectivity index (χ0) is 29.3. The van der Waals surface area contributed by atoms with E-state index < -0.39 is 0 Å². The molecule has 0 spiro atoms. The molecule has 0 amide bonds. The highest BCUT2D eigenvalue weighted by molar-refractivity contribution is 5.81. The maximum absolute atomic E-state index is 12.4. The molecular formula is C34H38N6O2. The van der Waals surface area contributed by atoms with Crippen LogP contribution in [0, 0.1) is 0 Å². The minimum Gasteiger partial charge on any atom is -0.399 e. The number of Topliss-reactive ketones (excluding diaryl/α,β-unsaturated/α-hetero) is 2. The topological polar surface area (TPSA) is 138 Å². The van der Waals surface area contributed by atoms with Crippen molar-refractivity contribution in [3.63, 3.8) is 0 Å². The quantitative estimate of drug-likeness (QED) is 0.220. The minimum atomic E-state index is 0.178. The van der Waals surface area contributed by atoms with Gasteiger partial charge in [0.2, 0.25) is 0 Å². The fourth-order valence-corrected chi connectivity index (χ4v) is 5.61. The maximum atomic E-state index is 12.4. The zero-order valence-electron chi connectivity index (χ0n) is 23.9. The van der Waals surface area contributed by atoms with Gasteiger partial charge in [-0.1, -0.05) is 30.7 Å². The molecule has 2 atom stereocenters. The summed E-state index contributed by atoms with van der Waals surface area (Å²) in [5.74, 6) is 1.00. The minimum absolute atomic E-state index is 0.178. The van der Waals surface area contributed by atoms with Crippen molar-refractivity contribution >= 4 is 22.9 Å². The van der Waals surface area contributed by atoms with Gasteiger partial charge in [-0.25, -0.2) is 0 Å². The van der Waals surface area contributed by atoms with Crippen LogP contribution in [0.3, 0.4) is 0 Å². The molecule has 5 rings (SSSR count). The summed E-state index contributed by atoms with van der Waals surface area (Å²) in [7, 11) is 0. The number of aryl methyl sites for hydroxylation is 2. The van der Waals surface area contributed by atoms with Crippen molar-refractivity contribution in [3.05, 3.63) is 107 Å².